The fourth-order valence-electron chi connectivity index (χ4n) is 3.57. The van der Waals surface area contributed by atoms with Gasteiger partial charge in [0, 0.05) is 25.5 Å². The van der Waals surface area contributed by atoms with Crippen molar-refractivity contribution in [3.05, 3.63) is 59.2 Å². The van der Waals surface area contributed by atoms with E-state index in [-0.39, 0.29) is 5.91 Å². The largest absolute Gasteiger partial charge is 0.361 e. The molecule has 1 aliphatic carbocycles. The van der Waals surface area contributed by atoms with E-state index in [1.54, 1.807) is 11.9 Å². The molecule has 3 aromatic rings. The summed E-state index contributed by atoms with van der Waals surface area (Å²) < 4.78 is 6.99. The number of tetrazole rings is 1. The Labute approximate surface area is 157 Å². The molecular weight excluding hydrogens is 344 g/mol. The van der Waals surface area contributed by atoms with Gasteiger partial charge >= 0.3 is 0 Å². The Bertz CT molecular complexity index is 890. The van der Waals surface area contributed by atoms with Gasteiger partial charge in [0.25, 0.3) is 0 Å². The molecule has 1 unspecified atom stereocenters. The van der Waals surface area contributed by atoms with Gasteiger partial charge in [-0.05, 0) is 35.3 Å². The average Bonchev–Trinajstić information content (AvgIpc) is 3.37. The maximum absolute atomic E-state index is 13.2. The number of likely N-dealkylation sites (N-methyl/N-ethyl adjacent to an activating group) is 1. The van der Waals surface area contributed by atoms with Crippen LogP contribution in [0.1, 0.15) is 41.5 Å². The van der Waals surface area contributed by atoms with E-state index >= 15 is 0 Å². The highest BCUT2D eigenvalue weighted by Crippen LogP contribution is 2.25. The first-order valence-corrected chi connectivity index (χ1v) is 9.20. The van der Waals surface area contributed by atoms with Crippen molar-refractivity contribution in [2.75, 3.05) is 7.05 Å². The minimum atomic E-state index is -0.505. The topological polar surface area (TPSA) is 89.9 Å². The number of fused-ring (bicyclic) bond motifs is 1. The second-order valence-electron chi connectivity index (χ2n) is 6.93. The quantitative estimate of drug-likeness (QED) is 0.663. The zero-order valence-electron chi connectivity index (χ0n) is 15.3. The lowest BCUT2D eigenvalue weighted by atomic mass is 9.96. The van der Waals surface area contributed by atoms with Crippen molar-refractivity contribution >= 4 is 5.91 Å². The van der Waals surface area contributed by atoms with Crippen molar-refractivity contribution in [2.45, 2.75) is 44.7 Å². The van der Waals surface area contributed by atoms with Crippen molar-refractivity contribution in [2.24, 2.45) is 0 Å². The van der Waals surface area contributed by atoms with Gasteiger partial charge in [0.1, 0.15) is 23.8 Å². The molecule has 2 aromatic heterocycles. The summed E-state index contributed by atoms with van der Waals surface area (Å²) in [5.41, 5.74) is 3.08. The van der Waals surface area contributed by atoms with Gasteiger partial charge in [0.15, 0.2) is 0 Å². The van der Waals surface area contributed by atoms with Gasteiger partial charge in [-0.1, -0.05) is 35.5 Å². The van der Waals surface area contributed by atoms with Crippen LogP contribution in [-0.2, 0) is 30.6 Å². The molecule has 1 aliphatic rings. The van der Waals surface area contributed by atoms with E-state index in [9.17, 15) is 4.79 Å². The number of rotatable bonds is 6. The molecule has 0 saturated carbocycles. The summed E-state index contributed by atoms with van der Waals surface area (Å²) >= 11 is 0. The Morgan fingerprint density at radius 3 is 2.85 bits per heavy atom. The van der Waals surface area contributed by atoms with Gasteiger partial charge in [-0.15, -0.1) is 5.10 Å². The zero-order valence-corrected chi connectivity index (χ0v) is 15.3. The van der Waals surface area contributed by atoms with Gasteiger partial charge in [-0.3, -0.25) is 4.79 Å². The lowest BCUT2D eigenvalue weighted by Crippen LogP contribution is -2.36. The van der Waals surface area contributed by atoms with Gasteiger partial charge < -0.3 is 9.42 Å². The number of carbonyl (C=O) groups excluding carboxylic acids is 1. The van der Waals surface area contributed by atoms with Crippen LogP contribution in [-0.4, -0.2) is 43.2 Å². The SMILES string of the molecule is CN(Cc1noc2c1CCCC2)C(=O)C(Cc1ccccc1)n1cnnn1. The predicted octanol–water partition coefficient (Wildman–Crippen LogP) is 1.98. The molecule has 140 valence electrons. The number of carbonyl (C=O) groups is 1. The molecule has 2 heterocycles. The van der Waals surface area contributed by atoms with Crippen molar-refractivity contribution in [1.82, 2.24) is 30.3 Å². The summed E-state index contributed by atoms with van der Waals surface area (Å²) in [7, 11) is 1.79. The summed E-state index contributed by atoms with van der Waals surface area (Å²) in [6.45, 7) is 0.422. The van der Waals surface area contributed by atoms with E-state index in [1.165, 1.54) is 16.6 Å². The number of nitrogens with zero attached hydrogens (tertiary/aromatic N) is 6. The number of benzene rings is 1. The van der Waals surface area contributed by atoms with E-state index in [1.807, 2.05) is 30.3 Å². The third-order valence-electron chi connectivity index (χ3n) is 5.04. The van der Waals surface area contributed by atoms with Crippen LogP contribution in [0.15, 0.2) is 41.2 Å². The first-order chi connectivity index (χ1) is 13.2. The van der Waals surface area contributed by atoms with Crippen molar-refractivity contribution in [3.63, 3.8) is 0 Å². The summed E-state index contributed by atoms with van der Waals surface area (Å²) in [6.07, 6.45) is 6.18. The molecule has 0 spiro atoms. The molecule has 1 atom stereocenters. The Balaban J connectivity index is 1.53. The maximum Gasteiger partial charge on any atom is 0.248 e. The van der Waals surface area contributed by atoms with E-state index in [0.717, 1.165) is 42.7 Å². The van der Waals surface area contributed by atoms with Crippen LogP contribution < -0.4 is 0 Å². The smallest absolute Gasteiger partial charge is 0.248 e. The van der Waals surface area contributed by atoms with Gasteiger partial charge in [-0.2, -0.15) is 0 Å². The number of hydrogen-bond acceptors (Lipinski definition) is 6. The molecule has 0 bridgehead atoms. The van der Waals surface area contributed by atoms with E-state index < -0.39 is 6.04 Å². The van der Waals surface area contributed by atoms with Crippen LogP contribution >= 0.6 is 0 Å². The first kappa shape index (κ1) is 17.4. The van der Waals surface area contributed by atoms with Crippen LogP contribution in [0.25, 0.3) is 0 Å². The summed E-state index contributed by atoms with van der Waals surface area (Å²) in [5.74, 6) is 0.914. The Kier molecular flexibility index (Phi) is 4.95. The van der Waals surface area contributed by atoms with Crippen molar-refractivity contribution in [3.8, 4) is 0 Å². The van der Waals surface area contributed by atoms with Crippen LogP contribution in [0.2, 0.25) is 0 Å². The minimum Gasteiger partial charge on any atom is -0.361 e. The van der Waals surface area contributed by atoms with Gasteiger partial charge in [-0.25, -0.2) is 4.68 Å². The average molecular weight is 366 g/mol. The van der Waals surface area contributed by atoms with E-state index in [4.69, 9.17) is 4.52 Å². The van der Waals surface area contributed by atoms with E-state index in [0.29, 0.717) is 13.0 Å². The second-order valence-corrected chi connectivity index (χ2v) is 6.93. The highest BCUT2D eigenvalue weighted by molar-refractivity contribution is 5.80. The Hall–Kier alpha value is -3.03. The standard InChI is InChI=1S/C19H22N6O2/c1-24(12-16-15-9-5-6-10-18(15)27-21-16)19(26)17(25-13-20-22-23-25)11-14-7-3-2-4-8-14/h2-4,7-8,13,17H,5-6,9-12H2,1H3. The molecule has 8 heteroatoms. The molecule has 0 fully saturated rings. The maximum atomic E-state index is 13.2. The number of aromatic nitrogens is 5. The zero-order chi connectivity index (χ0) is 18.6. The molecule has 1 aromatic carbocycles. The number of amides is 1. The van der Waals surface area contributed by atoms with E-state index in [2.05, 4.69) is 20.7 Å². The molecule has 27 heavy (non-hydrogen) atoms. The second kappa shape index (κ2) is 7.69. The monoisotopic (exact) mass is 366 g/mol. The molecule has 4 rings (SSSR count). The highest BCUT2D eigenvalue weighted by atomic mass is 16.5. The molecule has 0 saturated heterocycles. The third kappa shape index (κ3) is 3.74. The predicted molar refractivity (Wildman–Crippen MR) is 96.6 cm³/mol. The molecule has 0 aliphatic heterocycles. The van der Waals surface area contributed by atoms with Crippen LogP contribution in [0.5, 0.6) is 0 Å². The normalized spacial score (nSPS) is 14.6. The molecule has 1 amide bonds. The van der Waals surface area contributed by atoms with Crippen molar-refractivity contribution in [1.29, 1.82) is 0 Å². The third-order valence-corrected chi connectivity index (χ3v) is 5.04. The van der Waals surface area contributed by atoms with Gasteiger partial charge in [0.05, 0.1) is 6.54 Å². The van der Waals surface area contributed by atoms with Gasteiger partial charge in [0.2, 0.25) is 5.91 Å². The lowest BCUT2D eigenvalue weighted by Gasteiger charge is -2.23. The molecule has 0 radical (unpaired) electrons. The summed E-state index contributed by atoms with van der Waals surface area (Å²) in [4.78, 5) is 14.9. The van der Waals surface area contributed by atoms with Crippen LogP contribution in [0.3, 0.4) is 0 Å². The molecule has 8 nitrogen and oxygen atoms in total. The summed E-state index contributed by atoms with van der Waals surface area (Å²) in [5, 5.41) is 15.6. The van der Waals surface area contributed by atoms with Crippen LogP contribution in [0.4, 0.5) is 0 Å². The number of hydrogen-bond donors (Lipinski definition) is 0. The fourth-order valence-corrected chi connectivity index (χ4v) is 3.57. The highest BCUT2D eigenvalue weighted by Gasteiger charge is 2.28. The Morgan fingerprint density at radius 1 is 1.26 bits per heavy atom. The summed E-state index contributed by atoms with van der Waals surface area (Å²) in [6, 6.07) is 9.37. The Morgan fingerprint density at radius 2 is 2.07 bits per heavy atom. The van der Waals surface area contributed by atoms with Crippen LogP contribution in [0, 0.1) is 0 Å². The lowest BCUT2D eigenvalue weighted by molar-refractivity contribution is -0.134. The minimum absolute atomic E-state index is 0.0567. The molecular formula is C19H22N6O2. The fraction of sp³-hybridized carbons (Fsp3) is 0.421. The number of aryl methyl sites for hydroxylation is 1. The molecule has 0 N–H and O–H groups in total. The first-order valence-electron chi connectivity index (χ1n) is 9.20. The van der Waals surface area contributed by atoms with Crippen molar-refractivity contribution < 1.29 is 9.32 Å².